The summed E-state index contributed by atoms with van der Waals surface area (Å²) in [5.41, 5.74) is 2.85. The van der Waals surface area contributed by atoms with Crippen molar-refractivity contribution in [2.45, 2.75) is 25.9 Å². The first-order chi connectivity index (χ1) is 15.6. The van der Waals surface area contributed by atoms with Gasteiger partial charge >= 0.3 is 6.18 Å². The molecular formula is C25H20BrF4N3. The number of hydrogen-bond acceptors (Lipinski definition) is 2. The maximum Gasteiger partial charge on any atom is 0.416 e. The summed E-state index contributed by atoms with van der Waals surface area (Å²) in [4.78, 5) is 0. The summed E-state index contributed by atoms with van der Waals surface area (Å²) in [6.45, 7) is 4.21. The molecule has 0 atom stereocenters. The summed E-state index contributed by atoms with van der Waals surface area (Å²) in [6.07, 6.45) is -4.41. The van der Waals surface area contributed by atoms with Gasteiger partial charge in [0.1, 0.15) is 11.6 Å². The van der Waals surface area contributed by atoms with Gasteiger partial charge in [0.2, 0.25) is 0 Å². The van der Waals surface area contributed by atoms with Crippen molar-refractivity contribution >= 4 is 27.4 Å². The second-order valence-corrected chi connectivity index (χ2v) is 8.75. The van der Waals surface area contributed by atoms with Crippen molar-refractivity contribution in [3.63, 3.8) is 0 Å². The molecule has 0 saturated carbocycles. The number of nitrogens with zero attached hydrogens (tertiary/aromatic N) is 2. The van der Waals surface area contributed by atoms with Crippen molar-refractivity contribution in [1.82, 2.24) is 9.78 Å². The SMILES string of the molecule is CC(C)c1ccc(Nc2cc(-c3ccc(C(F)(F)F)cc3)nn2-c2ccc(F)cc2)c(Br)c1. The van der Waals surface area contributed by atoms with E-state index in [1.165, 1.54) is 29.8 Å². The van der Waals surface area contributed by atoms with Crippen molar-refractivity contribution < 1.29 is 17.6 Å². The number of rotatable bonds is 5. The molecule has 0 amide bonds. The van der Waals surface area contributed by atoms with E-state index in [-0.39, 0.29) is 5.82 Å². The largest absolute Gasteiger partial charge is 0.416 e. The molecule has 0 aliphatic carbocycles. The smallest absolute Gasteiger partial charge is 0.339 e. The predicted octanol–water partition coefficient (Wildman–Crippen LogP) is 8.33. The molecule has 0 aliphatic heterocycles. The zero-order valence-corrected chi connectivity index (χ0v) is 19.4. The molecule has 0 radical (unpaired) electrons. The van der Waals surface area contributed by atoms with E-state index in [1.807, 2.05) is 18.2 Å². The molecule has 3 aromatic carbocycles. The Bertz CT molecular complexity index is 1260. The van der Waals surface area contributed by atoms with Crippen molar-refractivity contribution in [3.05, 3.63) is 94.2 Å². The van der Waals surface area contributed by atoms with Crippen LogP contribution in [0.3, 0.4) is 0 Å². The molecule has 0 fully saturated rings. The lowest BCUT2D eigenvalue weighted by atomic mass is 10.0. The Hall–Kier alpha value is -3.13. The number of halogens is 5. The summed E-state index contributed by atoms with van der Waals surface area (Å²) < 4.78 is 54.7. The average Bonchev–Trinajstić information content (AvgIpc) is 3.19. The third-order valence-electron chi connectivity index (χ3n) is 5.21. The van der Waals surface area contributed by atoms with Gasteiger partial charge in [-0.3, -0.25) is 0 Å². The van der Waals surface area contributed by atoms with Crippen LogP contribution in [0.4, 0.5) is 29.1 Å². The van der Waals surface area contributed by atoms with Gasteiger partial charge in [-0.1, -0.05) is 32.0 Å². The zero-order valence-electron chi connectivity index (χ0n) is 17.8. The van der Waals surface area contributed by atoms with E-state index in [9.17, 15) is 17.6 Å². The second-order valence-electron chi connectivity index (χ2n) is 7.90. The summed E-state index contributed by atoms with van der Waals surface area (Å²) in [5.74, 6) is 0.566. The molecule has 8 heteroatoms. The third kappa shape index (κ3) is 5.11. The van der Waals surface area contributed by atoms with Crippen LogP contribution in [0.1, 0.15) is 30.9 Å². The molecule has 0 unspecified atom stereocenters. The first-order valence-electron chi connectivity index (χ1n) is 10.2. The topological polar surface area (TPSA) is 29.9 Å². The molecule has 0 spiro atoms. The minimum Gasteiger partial charge on any atom is -0.339 e. The van der Waals surface area contributed by atoms with Gasteiger partial charge in [0.25, 0.3) is 0 Å². The summed E-state index contributed by atoms with van der Waals surface area (Å²) >= 11 is 3.59. The normalized spacial score (nSPS) is 11.8. The molecule has 0 bridgehead atoms. The Balaban J connectivity index is 1.75. The van der Waals surface area contributed by atoms with Gasteiger partial charge in [0, 0.05) is 16.1 Å². The van der Waals surface area contributed by atoms with E-state index in [0.29, 0.717) is 28.7 Å². The van der Waals surface area contributed by atoms with E-state index in [4.69, 9.17) is 0 Å². The van der Waals surface area contributed by atoms with Crippen LogP contribution >= 0.6 is 15.9 Å². The highest BCUT2D eigenvalue weighted by atomic mass is 79.9. The molecule has 4 rings (SSSR count). The highest BCUT2D eigenvalue weighted by molar-refractivity contribution is 9.10. The molecule has 1 heterocycles. The molecular weight excluding hydrogens is 498 g/mol. The van der Waals surface area contributed by atoms with Crippen LogP contribution in [0, 0.1) is 5.82 Å². The van der Waals surface area contributed by atoms with E-state index >= 15 is 0 Å². The van der Waals surface area contributed by atoms with Gasteiger partial charge in [-0.05, 0) is 75.9 Å². The van der Waals surface area contributed by atoms with Crippen molar-refractivity contribution in [2.75, 3.05) is 5.32 Å². The Labute approximate surface area is 197 Å². The first kappa shape index (κ1) is 23.0. The molecule has 3 nitrogen and oxygen atoms in total. The maximum atomic E-state index is 13.5. The summed E-state index contributed by atoms with van der Waals surface area (Å²) in [7, 11) is 0. The van der Waals surface area contributed by atoms with E-state index in [0.717, 1.165) is 22.3 Å². The van der Waals surface area contributed by atoms with Crippen LogP contribution in [0.2, 0.25) is 0 Å². The Kier molecular flexibility index (Phi) is 6.30. The van der Waals surface area contributed by atoms with E-state index in [2.05, 4.69) is 40.2 Å². The number of benzene rings is 3. The molecule has 33 heavy (non-hydrogen) atoms. The fraction of sp³-hybridized carbons (Fsp3) is 0.160. The quantitative estimate of drug-likeness (QED) is 0.269. The molecule has 1 aromatic heterocycles. The minimum atomic E-state index is -4.41. The van der Waals surface area contributed by atoms with Crippen LogP contribution in [0.15, 0.2) is 77.3 Å². The van der Waals surface area contributed by atoms with Crippen LogP contribution in [0.25, 0.3) is 16.9 Å². The Morgan fingerprint density at radius 3 is 2.15 bits per heavy atom. The number of anilines is 2. The lowest BCUT2D eigenvalue weighted by molar-refractivity contribution is -0.137. The Morgan fingerprint density at radius 1 is 0.909 bits per heavy atom. The lowest BCUT2D eigenvalue weighted by Gasteiger charge is -2.13. The molecule has 170 valence electrons. The number of hydrogen-bond donors (Lipinski definition) is 1. The highest BCUT2D eigenvalue weighted by Gasteiger charge is 2.30. The van der Waals surface area contributed by atoms with Crippen molar-refractivity contribution in [1.29, 1.82) is 0 Å². The molecule has 0 aliphatic rings. The van der Waals surface area contributed by atoms with Crippen LogP contribution < -0.4 is 5.32 Å². The standard InChI is InChI=1S/C25H20BrF4N3/c1-15(2)17-5-12-22(21(26)13-17)31-24-14-23(16-3-6-18(7-4-16)25(28,29)30)32-33(24)20-10-8-19(27)9-11-20/h3-15,31H,1-2H3. The highest BCUT2D eigenvalue weighted by Crippen LogP contribution is 2.34. The summed E-state index contributed by atoms with van der Waals surface area (Å²) in [6, 6.07) is 18.4. The fourth-order valence-electron chi connectivity index (χ4n) is 3.35. The van der Waals surface area contributed by atoms with Crippen molar-refractivity contribution in [2.24, 2.45) is 0 Å². The van der Waals surface area contributed by atoms with Gasteiger partial charge in [-0.2, -0.15) is 18.3 Å². The zero-order chi connectivity index (χ0) is 23.8. The number of aromatic nitrogens is 2. The predicted molar refractivity (Wildman–Crippen MR) is 125 cm³/mol. The monoisotopic (exact) mass is 517 g/mol. The number of nitrogens with one attached hydrogen (secondary N) is 1. The Morgan fingerprint density at radius 2 is 1.58 bits per heavy atom. The van der Waals surface area contributed by atoms with Gasteiger partial charge in [-0.25, -0.2) is 9.07 Å². The average molecular weight is 518 g/mol. The van der Waals surface area contributed by atoms with Gasteiger partial charge < -0.3 is 5.32 Å². The number of alkyl halides is 3. The molecule has 0 saturated heterocycles. The molecule has 4 aromatic rings. The fourth-order valence-corrected chi connectivity index (χ4v) is 3.85. The minimum absolute atomic E-state index is 0.367. The van der Waals surface area contributed by atoms with Gasteiger partial charge in [0.15, 0.2) is 0 Å². The van der Waals surface area contributed by atoms with Crippen LogP contribution in [-0.4, -0.2) is 9.78 Å². The first-order valence-corrected chi connectivity index (χ1v) is 11.0. The second kappa shape index (κ2) is 9.02. The van der Waals surface area contributed by atoms with E-state index in [1.54, 1.807) is 22.9 Å². The third-order valence-corrected chi connectivity index (χ3v) is 5.87. The van der Waals surface area contributed by atoms with Crippen LogP contribution in [0.5, 0.6) is 0 Å². The molecule has 1 N–H and O–H groups in total. The van der Waals surface area contributed by atoms with E-state index < -0.39 is 11.7 Å². The van der Waals surface area contributed by atoms with Gasteiger partial charge in [-0.15, -0.1) is 0 Å². The van der Waals surface area contributed by atoms with Gasteiger partial charge in [0.05, 0.1) is 22.6 Å². The summed E-state index contributed by atoms with van der Waals surface area (Å²) in [5, 5.41) is 7.90. The lowest BCUT2D eigenvalue weighted by Crippen LogP contribution is -2.04. The van der Waals surface area contributed by atoms with Crippen LogP contribution in [-0.2, 0) is 6.18 Å². The maximum absolute atomic E-state index is 13.5. The van der Waals surface area contributed by atoms with Crippen molar-refractivity contribution in [3.8, 4) is 16.9 Å².